The Morgan fingerprint density at radius 3 is 2.24 bits per heavy atom. The van der Waals surface area contributed by atoms with Crippen molar-refractivity contribution in [3.05, 3.63) is 58.9 Å². The normalized spacial score (nSPS) is 11.2. The van der Waals surface area contributed by atoms with Crippen LogP contribution in [0.4, 0.5) is 0 Å². The summed E-state index contributed by atoms with van der Waals surface area (Å²) in [5.41, 5.74) is 3.57. The predicted molar refractivity (Wildman–Crippen MR) is 83.1 cm³/mol. The summed E-state index contributed by atoms with van der Waals surface area (Å²) in [5.74, 6) is -0.0992. The van der Waals surface area contributed by atoms with Gasteiger partial charge in [-0.05, 0) is 42.2 Å². The Kier molecular flexibility index (Phi) is 4.36. The Labute approximate surface area is 125 Å². The average molecular weight is 283 g/mol. The van der Waals surface area contributed by atoms with Crippen LogP contribution in [0.3, 0.4) is 0 Å². The maximum Gasteiger partial charge on any atom is 0.251 e. The molecular formula is C17H21N3O. The third-order valence-electron chi connectivity index (χ3n) is 3.30. The summed E-state index contributed by atoms with van der Waals surface area (Å²) in [7, 11) is 0. The number of benzene rings is 1. The monoisotopic (exact) mass is 283 g/mol. The molecule has 4 heteroatoms. The van der Waals surface area contributed by atoms with Crippen molar-refractivity contribution < 1.29 is 4.79 Å². The standard InChI is InChI=1S/C17H21N3O/c1-12-5-10-15(20-19-12)11-18-16(21)13-6-8-14(9-7-13)17(2,3)4/h5-10H,11H2,1-4H3,(H,18,21). The molecule has 0 spiro atoms. The number of nitrogens with zero attached hydrogens (tertiary/aromatic N) is 2. The van der Waals surface area contributed by atoms with Gasteiger partial charge >= 0.3 is 0 Å². The van der Waals surface area contributed by atoms with Gasteiger partial charge in [0.25, 0.3) is 5.91 Å². The number of carbonyl (C=O) groups is 1. The van der Waals surface area contributed by atoms with E-state index in [2.05, 4.69) is 36.3 Å². The number of carbonyl (C=O) groups excluding carboxylic acids is 1. The van der Waals surface area contributed by atoms with E-state index >= 15 is 0 Å². The SMILES string of the molecule is Cc1ccc(CNC(=O)c2ccc(C(C)(C)C)cc2)nn1. The molecule has 0 saturated carbocycles. The number of rotatable bonds is 3. The zero-order chi connectivity index (χ0) is 15.5. The molecule has 2 rings (SSSR count). The Hall–Kier alpha value is -2.23. The molecule has 1 aromatic heterocycles. The van der Waals surface area contributed by atoms with Gasteiger partial charge in [-0.15, -0.1) is 0 Å². The lowest BCUT2D eigenvalue weighted by atomic mass is 9.87. The quantitative estimate of drug-likeness (QED) is 0.942. The van der Waals surface area contributed by atoms with Crippen LogP contribution >= 0.6 is 0 Å². The van der Waals surface area contributed by atoms with E-state index in [0.29, 0.717) is 12.1 Å². The van der Waals surface area contributed by atoms with Gasteiger partial charge in [-0.1, -0.05) is 32.9 Å². The van der Waals surface area contributed by atoms with Crippen molar-refractivity contribution in [2.45, 2.75) is 39.7 Å². The summed E-state index contributed by atoms with van der Waals surface area (Å²) < 4.78 is 0. The first-order valence-electron chi connectivity index (χ1n) is 7.04. The Morgan fingerprint density at radius 2 is 1.71 bits per heavy atom. The highest BCUT2D eigenvalue weighted by Gasteiger charge is 2.14. The molecule has 0 radical (unpaired) electrons. The minimum Gasteiger partial charge on any atom is -0.346 e. The highest BCUT2D eigenvalue weighted by molar-refractivity contribution is 5.94. The van der Waals surface area contributed by atoms with Gasteiger partial charge in [0.15, 0.2) is 0 Å². The van der Waals surface area contributed by atoms with Crippen molar-refractivity contribution in [1.82, 2.24) is 15.5 Å². The molecule has 1 aromatic carbocycles. The Morgan fingerprint density at radius 1 is 1.05 bits per heavy atom. The van der Waals surface area contributed by atoms with Crippen molar-refractivity contribution in [2.24, 2.45) is 0 Å². The van der Waals surface area contributed by atoms with Gasteiger partial charge in [0.1, 0.15) is 0 Å². The van der Waals surface area contributed by atoms with Gasteiger partial charge in [0.2, 0.25) is 0 Å². The van der Waals surface area contributed by atoms with Crippen molar-refractivity contribution in [2.75, 3.05) is 0 Å². The molecule has 0 saturated heterocycles. The van der Waals surface area contributed by atoms with Crippen molar-refractivity contribution in [3.63, 3.8) is 0 Å². The van der Waals surface area contributed by atoms with Gasteiger partial charge < -0.3 is 5.32 Å². The van der Waals surface area contributed by atoms with Gasteiger partial charge in [-0.3, -0.25) is 4.79 Å². The number of hydrogen-bond acceptors (Lipinski definition) is 3. The second-order valence-corrected chi connectivity index (χ2v) is 6.18. The van der Waals surface area contributed by atoms with E-state index in [1.807, 2.05) is 43.3 Å². The van der Waals surface area contributed by atoms with Gasteiger partial charge in [0, 0.05) is 5.56 Å². The van der Waals surface area contributed by atoms with E-state index in [4.69, 9.17) is 0 Å². The molecule has 0 unspecified atom stereocenters. The molecule has 1 N–H and O–H groups in total. The molecule has 4 nitrogen and oxygen atoms in total. The lowest BCUT2D eigenvalue weighted by Gasteiger charge is -2.19. The molecule has 0 fully saturated rings. The van der Waals surface area contributed by atoms with E-state index in [1.165, 1.54) is 5.56 Å². The van der Waals surface area contributed by atoms with E-state index in [9.17, 15) is 4.79 Å². The molecule has 0 aliphatic heterocycles. The van der Waals surface area contributed by atoms with E-state index in [1.54, 1.807) is 0 Å². The molecule has 0 bridgehead atoms. The summed E-state index contributed by atoms with van der Waals surface area (Å²) in [6.45, 7) is 8.72. The maximum atomic E-state index is 12.1. The Balaban J connectivity index is 1.99. The highest BCUT2D eigenvalue weighted by Crippen LogP contribution is 2.22. The van der Waals surface area contributed by atoms with Crippen molar-refractivity contribution in [3.8, 4) is 0 Å². The van der Waals surface area contributed by atoms with Gasteiger partial charge in [-0.2, -0.15) is 10.2 Å². The molecule has 0 aliphatic rings. The molecule has 110 valence electrons. The number of aromatic nitrogens is 2. The van der Waals surface area contributed by atoms with Crippen molar-refractivity contribution >= 4 is 5.91 Å². The van der Waals surface area contributed by atoms with Crippen LogP contribution in [0.2, 0.25) is 0 Å². The highest BCUT2D eigenvalue weighted by atomic mass is 16.1. The zero-order valence-corrected chi connectivity index (χ0v) is 13.0. The summed E-state index contributed by atoms with van der Waals surface area (Å²) in [6.07, 6.45) is 0. The average Bonchev–Trinajstić information content (AvgIpc) is 2.45. The molecule has 0 aliphatic carbocycles. The number of nitrogens with one attached hydrogen (secondary N) is 1. The van der Waals surface area contributed by atoms with E-state index in [-0.39, 0.29) is 11.3 Å². The number of amides is 1. The number of aryl methyl sites for hydroxylation is 1. The summed E-state index contributed by atoms with van der Waals surface area (Å²) >= 11 is 0. The van der Waals surface area contributed by atoms with Gasteiger partial charge in [0.05, 0.1) is 17.9 Å². The van der Waals surface area contributed by atoms with Crippen LogP contribution in [-0.4, -0.2) is 16.1 Å². The predicted octanol–water partition coefficient (Wildman–Crippen LogP) is 3.01. The van der Waals surface area contributed by atoms with Crippen LogP contribution in [0.5, 0.6) is 0 Å². The smallest absolute Gasteiger partial charge is 0.251 e. The fourth-order valence-electron chi connectivity index (χ4n) is 1.92. The summed E-state index contributed by atoms with van der Waals surface area (Å²) in [5, 5.41) is 10.8. The minimum absolute atomic E-state index is 0.0898. The van der Waals surface area contributed by atoms with Crippen LogP contribution in [0, 0.1) is 6.92 Å². The third kappa shape index (κ3) is 4.12. The van der Waals surface area contributed by atoms with E-state index in [0.717, 1.165) is 11.4 Å². The summed E-state index contributed by atoms with van der Waals surface area (Å²) in [4.78, 5) is 12.1. The third-order valence-corrected chi connectivity index (χ3v) is 3.30. The summed E-state index contributed by atoms with van der Waals surface area (Å²) in [6, 6.07) is 11.5. The topological polar surface area (TPSA) is 54.9 Å². The van der Waals surface area contributed by atoms with Crippen LogP contribution in [-0.2, 0) is 12.0 Å². The lowest BCUT2D eigenvalue weighted by Crippen LogP contribution is -2.23. The first-order valence-corrected chi connectivity index (χ1v) is 7.04. The first kappa shape index (κ1) is 15.2. The Bertz CT molecular complexity index is 610. The fraction of sp³-hybridized carbons (Fsp3) is 0.353. The zero-order valence-electron chi connectivity index (χ0n) is 13.0. The van der Waals surface area contributed by atoms with Crippen LogP contribution in [0.15, 0.2) is 36.4 Å². The molecule has 1 heterocycles. The molecule has 21 heavy (non-hydrogen) atoms. The fourth-order valence-corrected chi connectivity index (χ4v) is 1.92. The second kappa shape index (κ2) is 6.04. The van der Waals surface area contributed by atoms with E-state index < -0.39 is 0 Å². The molecule has 0 atom stereocenters. The van der Waals surface area contributed by atoms with Crippen molar-refractivity contribution in [1.29, 1.82) is 0 Å². The molecule has 1 amide bonds. The van der Waals surface area contributed by atoms with Gasteiger partial charge in [-0.25, -0.2) is 0 Å². The van der Waals surface area contributed by atoms with Crippen LogP contribution < -0.4 is 5.32 Å². The van der Waals surface area contributed by atoms with Crippen LogP contribution in [0.1, 0.15) is 48.1 Å². The van der Waals surface area contributed by atoms with Crippen LogP contribution in [0.25, 0.3) is 0 Å². The minimum atomic E-state index is -0.0992. The molecule has 2 aromatic rings. The number of hydrogen-bond donors (Lipinski definition) is 1. The second-order valence-electron chi connectivity index (χ2n) is 6.18. The largest absolute Gasteiger partial charge is 0.346 e. The first-order chi connectivity index (χ1) is 9.86. The lowest BCUT2D eigenvalue weighted by molar-refractivity contribution is 0.0950. The maximum absolute atomic E-state index is 12.1. The molecular weight excluding hydrogens is 262 g/mol.